The third-order valence-electron chi connectivity index (χ3n) is 4.70. The summed E-state index contributed by atoms with van der Waals surface area (Å²) in [5.74, 6) is -11.1. The van der Waals surface area contributed by atoms with Crippen LogP contribution in [-0.2, 0) is 9.47 Å². The van der Waals surface area contributed by atoms with Gasteiger partial charge >= 0.3 is 18.0 Å². The minimum atomic E-state index is -6.24. The van der Waals surface area contributed by atoms with E-state index in [9.17, 15) is 30.7 Å². The minimum Gasteiger partial charge on any atom is -0.381 e. The summed E-state index contributed by atoms with van der Waals surface area (Å²) in [5.41, 5.74) is 0. The highest BCUT2D eigenvalue weighted by Gasteiger charge is 2.72. The van der Waals surface area contributed by atoms with Gasteiger partial charge in [0.25, 0.3) is 0 Å². The van der Waals surface area contributed by atoms with E-state index >= 15 is 0 Å². The fourth-order valence-corrected chi connectivity index (χ4v) is 2.97. The van der Waals surface area contributed by atoms with Crippen molar-refractivity contribution in [1.82, 2.24) is 0 Å². The van der Waals surface area contributed by atoms with Crippen LogP contribution in [0.2, 0.25) is 0 Å². The maximum absolute atomic E-state index is 13.1. The van der Waals surface area contributed by atoms with E-state index in [0.717, 1.165) is 38.7 Å². The molecule has 1 fully saturated rings. The lowest BCUT2D eigenvalue weighted by Gasteiger charge is -2.28. The molecular weight excluding hydrogens is 381 g/mol. The summed E-state index contributed by atoms with van der Waals surface area (Å²) in [6.07, 6.45) is -0.534. The third-order valence-corrected chi connectivity index (χ3v) is 4.70. The van der Waals surface area contributed by atoms with Gasteiger partial charge in [0, 0.05) is 26.2 Å². The van der Waals surface area contributed by atoms with Gasteiger partial charge in [-0.25, -0.2) is 0 Å². The Labute approximate surface area is 155 Å². The van der Waals surface area contributed by atoms with Crippen molar-refractivity contribution in [2.75, 3.05) is 19.8 Å². The van der Waals surface area contributed by atoms with E-state index in [0.29, 0.717) is 26.1 Å². The van der Waals surface area contributed by atoms with Crippen molar-refractivity contribution in [3.05, 3.63) is 0 Å². The lowest BCUT2D eigenvalue weighted by Crippen LogP contribution is -2.51. The molecule has 1 aliphatic heterocycles. The predicted octanol–water partition coefficient (Wildman–Crippen LogP) is 6.53. The second-order valence-corrected chi connectivity index (χ2v) is 7.04. The lowest BCUT2D eigenvalue weighted by atomic mass is 10.0. The topological polar surface area (TPSA) is 18.5 Å². The van der Waals surface area contributed by atoms with Crippen LogP contribution in [0.5, 0.6) is 0 Å². The Morgan fingerprint density at radius 1 is 0.778 bits per heavy atom. The van der Waals surface area contributed by atoms with E-state index in [4.69, 9.17) is 9.47 Å². The van der Waals surface area contributed by atoms with Crippen LogP contribution in [0.1, 0.15) is 70.6 Å². The van der Waals surface area contributed by atoms with Crippen molar-refractivity contribution in [2.24, 2.45) is 0 Å². The van der Waals surface area contributed by atoms with Gasteiger partial charge in [0.05, 0.1) is 6.10 Å². The zero-order valence-electron chi connectivity index (χ0n) is 15.4. The number of ether oxygens (including phenoxy) is 2. The van der Waals surface area contributed by atoms with E-state index in [-0.39, 0.29) is 18.9 Å². The monoisotopic (exact) mass is 410 g/mol. The van der Waals surface area contributed by atoms with Crippen molar-refractivity contribution < 1.29 is 40.2 Å². The number of hydrogen-bond donors (Lipinski definition) is 0. The van der Waals surface area contributed by atoms with Crippen LogP contribution in [0.15, 0.2) is 0 Å². The SMILES string of the molecule is FC(F)(F)C(F)(F)C(F)(F)CCCCCCCCOCCC1CCCCO1. The molecule has 1 saturated heterocycles. The number of alkyl halides is 7. The molecule has 0 saturated carbocycles. The molecule has 2 nitrogen and oxygen atoms in total. The molecule has 1 rings (SSSR count). The summed E-state index contributed by atoms with van der Waals surface area (Å²) in [7, 11) is 0. The molecule has 0 amide bonds. The molecule has 0 aliphatic carbocycles. The van der Waals surface area contributed by atoms with Crippen LogP contribution in [-0.4, -0.2) is 43.9 Å². The summed E-state index contributed by atoms with van der Waals surface area (Å²) in [6.45, 7) is 2.03. The summed E-state index contributed by atoms with van der Waals surface area (Å²) >= 11 is 0. The molecule has 0 N–H and O–H groups in total. The second-order valence-electron chi connectivity index (χ2n) is 7.04. The second kappa shape index (κ2) is 11.4. The molecule has 0 aromatic carbocycles. The highest BCUT2D eigenvalue weighted by Crippen LogP contribution is 2.48. The van der Waals surface area contributed by atoms with E-state index in [2.05, 4.69) is 0 Å². The Bertz CT molecular complexity index is 394. The van der Waals surface area contributed by atoms with Crippen LogP contribution in [0.25, 0.3) is 0 Å². The summed E-state index contributed by atoms with van der Waals surface area (Å²) in [4.78, 5) is 0. The Kier molecular flexibility index (Phi) is 10.4. The van der Waals surface area contributed by atoms with Crippen LogP contribution >= 0.6 is 0 Å². The molecule has 0 bridgehead atoms. The molecule has 162 valence electrons. The van der Waals surface area contributed by atoms with Gasteiger partial charge in [-0.3, -0.25) is 0 Å². The molecule has 27 heavy (non-hydrogen) atoms. The molecule has 1 atom stereocenters. The van der Waals surface area contributed by atoms with Gasteiger partial charge in [-0.1, -0.05) is 25.7 Å². The molecule has 1 unspecified atom stereocenters. The highest BCUT2D eigenvalue weighted by atomic mass is 19.4. The van der Waals surface area contributed by atoms with Crippen LogP contribution in [0.4, 0.5) is 30.7 Å². The van der Waals surface area contributed by atoms with Crippen LogP contribution in [0, 0.1) is 0 Å². The Hall–Kier alpha value is -0.570. The first-order valence-electron chi connectivity index (χ1n) is 9.59. The molecule has 1 heterocycles. The first-order valence-corrected chi connectivity index (χ1v) is 9.59. The average Bonchev–Trinajstić information content (AvgIpc) is 2.59. The Balaban J connectivity index is 1.96. The van der Waals surface area contributed by atoms with Crippen molar-refractivity contribution in [3.63, 3.8) is 0 Å². The van der Waals surface area contributed by atoms with E-state index in [1.54, 1.807) is 0 Å². The largest absolute Gasteiger partial charge is 0.459 e. The van der Waals surface area contributed by atoms with Gasteiger partial charge in [0.2, 0.25) is 0 Å². The summed E-state index contributed by atoms with van der Waals surface area (Å²) in [5, 5.41) is 0. The molecule has 0 aromatic heterocycles. The van der Waals surface area contributed by atoms with Crippen molar-refractivity contribution in [3.8, 4) is 0 Å². The molecular formula is C18H29F7O2. The Morgan fingerprint density at radius 2 is 1.41 bits per heavy atom. The summed E-state index contributed by atoms with van der Waals surface area (Å²) in [6, 6.07) is 0. The standard InChI is InChI=1S/C18H29F7O2/c19-16(20,17(21,22)18(23,24)25)11-6-3-1-2-4-7-12-26-14-10-15-9-5-8-13-27-15/h15H,1-14H2. The zero-order valence-corrected chi connectivity index (χ0v) is 15.4. The molecule has 0 radical (unpaired) electrons. The van der Waals surface area contributed by atoms with Crippen molar-refractivity contribution in [2.45, 2.75) is 94.8 Å². The number of rotatable bonds is 13. The van der Waals surface area contributed by atoms with Gasteiger partial charge in [-0.05, 0) is 38.5 Å². The highest BCUT2D eigenvalue weighted by molar-refractivity contribution is 4.90. The van der Waals surface area contributed by atoms with E-state index in [1.807, 2.05) is 0 Å². The third kappa shape index (κ3) is 8.54. The van der Waals surface area contributed by atoms with Gasteiger partial charge in [0.15, 0.2) is 0 Å². The smallest absolute Gasteiger partial charge is 0.381 e. The lowest BCUT2D eigenvalue weighted by molar-refractivity contribution is -0.355. The molecule has 1 aliphatic rings. The van der Waals surface area contributed by atoms with E-state index in [1.165, 1.54) is 6.42 Å². The maximum Gasteiger partial charge on any atom is 0.459 e. The maximum atomic E-state index is 13.1. The first kappa shape index (κ1) is 24.5. The fraction of sp³-hybridized carbons (Fsp3) is 1.00. The number of halogens is 7. The predicted molar refractivity (Wildman–Crippen MR) is 87.3 cm³/mol. The number of hydrogen-bond acceptors (Lipinski definition) is 2. The molecule has 0 spiro atoms. The van der Waals surface area contributed by atoms with Crippen molar-refractivity contribution >= 4 is 0 Å². The van der Waals surface area contributed by atoms with Gasteiger partial charge in [-0.2, -0.15) is 30.7 Å². The normalized spacial score (nSPS) is 19.4. The van der Waals surface area contributed by atoms with Gasteiger partial charge in [0.1, 0.15) is 0 Å². The van der Waals surface area contributed by atoms with E-state index < -0.39 is 24.4 Å². The van der Waals surface area contributed by atoms with Crippen molar-refractivity contribution in [1.29, 1.82) is 0 Å². The number of unbranched alkanes of at least 4 members (excludes halogenated alkanes) is 5. The fourth-order valence-electron chi connectivity index (χ4n) is 2.97. The molecule has 9 heteroatoms. The summed E-state index contributed by atoms with van der Waals surface area (Å²) < 4.78 is 98.6. The minimum absolute atomic E-state index is 0.198. The average molecular weight is 410 g/mol. The quantitative estimate of drug-likeness (QED) is 0.254. The van der Waals surface area contributed by atoms with Gasteiger partial charge in [-0.15, -0.1) is 0 Å². The van der Waals surface area contributed by atoms with Crippen LogP contribution < -0.4 is 0 Å². The first-order chi connectivity index (χ1) is 12.6. The van der Waals surface area contributed by atoms with Crippen LogP contribution in [0.3, 0.4) is 0 Å². The Morgan fingerprint density at radius 3 is 2.00 bits per heavy atom. The zero-order chi connectivity index (χ0) is 20.4. The molecule has 0 aromatic rings. The van der Waals surface area contributed by atoms with Gasteiger partial charge < -0.3 is 9.47 Å².